The normalized spacial score (nSPS) is 25.4. The van der Waals surface area contributed by atoms with Crippen LogP contribution >= 0.6 is 0 Å². The molecule has 1 aromatic rings. The molecule has 1 aliphatic heterocycles. The van der Waals surface area contributed by atoms with Crippen LogP contribution in [0.25, 0.3) is 0 Å². The van der Waals surface area contributed by atoms with E-state index in [-0.39, 0.29) is 17.9 Å². The van der Waals surface area contributed by atoms with Crippen molar-refractivity contribution < 1.29 is 4.79 Å². The monoisotopic (exact) mass is 269 g/mol. The van der Waals surface area contributed by atoms with Crippen LogP contribution in [0, 0.1) is 17.2 Å². The average molecular weight is 269 g/mol. The van der Waals surface area contributed by atoms with Gasteiger partial charge in [0, 0.05) is 24.2 Å². The summed E-state index contributed by atoms with van der Waals surface area (Å²) >= 11 is 0. The molecule has 1 fully saturated rings. The third kappa shape index (κ3) is 2.19. The fourth-order valence-electron chi connectivity index (χ4n) is 3.39. The van der Waals surface area contributed by atoms with Crippen molar-refractivity contribution in [2.24, 2.45) is 11.7 Å². The molecule has 0 aromatic heterocycles. The Labute approximate surface area is 119 Å². The minimum absolute atomic E-state index is 0.169. The molecule has 0 saturated heterocycles. The molecule has 4 nitrogen and oxygen atoms in total. The molecule has 2 aliphatic rings. The molecule has 1 aliphatic carbocycles. The van der Waals surface area contributed by atoms with Crippen LogP contribution < -0.4 is 10.6 Å². The van der Waals surface area contributed by atoms with Gasteiger partial charge in [0.05, 0.1) is 12.5 Å². The molecule has 0 unspecified atom stereocenters. The molecule has 3 rings (SSSR count). The summed E-state index contributed by atoms with van der Waals surface area (Å²) in [7, 11) is 0. The van der Waals surface area contributed by atoms with Gasteiger partial charge < -0.3 is 10.6 Å². The largest absolute Gasteiger partial charge is 0.326 e. The maximum Gasteiger partial charge on any atom is 0.231 e. The molecule has 0 spiro atoms. The van der Waals surface area contributed by atoms with Crippen molar-refractivity contribution in [1.82, 2.24) is 0 Å². The lowest BCUT2D eigenvalue weighted by Crippen LogP contribution is -2.40. The van der Waals surface area contributed by atoms with Crippen molar-refractivity contribution in [3.8, 4) is 6.07 Å². The number of fused-ring (bicyclic) bond motifs is 1. The Morgan fingerprint density at radius 2 is 2.05 bits per heavy atom. The Morgan fingerprint density at radius 1 is 1.30 bits per heavy atom. The number of nitriles is 1. The van der Waals surface area contributed by atoms with Gasteiger partial charge in [-0.05, 0) is 42.9 Å². The van der Waals surface area contributed by atoms with E-state index in [0.29, 0.717) is 13.0 Å². The van der Waals surface area contributed by atoms with Gasteiger partial charge in [0.25, 0.3) is 0 Å². The highest BCUT2D eigenvalue weighted by Gasteiger charge is 2.35. The molecule has 1 saturated carbocycles. The summed E-state index contributed by atoms with van der Waals surface area (Å²) in [5.74, 6) is 0.359. The smallest absolute Gasteiger partial charge is 0.231 e. The zero-order valence-corrected chi connectivity index (χ0v) is 11.5. The van der Waals surface area contributed by atoms with Gasteiger partial charge in [0.2, 0.25) is 5.91 Å². The van der Waals surface area contributed by atoms with E-state index in [1.165, 1.54) is 0 Å². The van der Waals surface area contributed by atoms with E-state index in [2.05, 4.69) is 6.07 Å². The highest BCUT2D eigenvalue weighted by Crippen LogP contribution is 2.36. The number of carbonyl (C=O) groups is 1. The first kappa shape index (κ1) is 13.1. The number of benzene rings is 1. The first-order valence-corrected chi connectivity index (χ1v) is 7.26. The third-order valence-corrected chi connectivity index (χ3v) is 4.49. The van der Waals surface area contributed by atoms with Gasteiger partial charge in [-0.1, -0.05) is 12.1 Å². The Hall–Kier alpha value is -1.86. The van der Waals surface area contributed by atoms with Crippen LogP contribution in [0.4, 0.5) is 5.69 Å². The second kappa shape index (κ2) is 5.26. The summed E-state index contributed by atoms with van der Waals surface area (Å²) in [6.07, 6.45) is 4.16. The quantitative estimate of drug-likeness (QED) is 0.894. The third-order valence-electron chi connectivity index (χ3n) is 4.49. The predicted octanol–water partition coefficient (Wildman–Crippen LogP) is 2.12. The lowest BCUT2D eigenvalue weighted by molar-refractivity contribution is -0.118. The van der Waals surface area contributed by atoms with Crippen molar-refractivity contribution in [2.45, 2.75) is 44.7 Å². The summed E-state index contributed by atoms with van der Waals surface area (Å²) in [5, 5.41) is 8.97. The van der Waals surface area contributed by atoms with Gasteiger partial charge in [-0.3, -0.25) is 4.79 Å². The summed E-state index contributed by atoms with van der Waals surface area (Å²) < 4.78 is 0. The second-order valence-corrected chi connectivity index (χ2v) is 5.74. The van der Waals surface area contributed by atoms with Crippen LogP contribution in [-0.4, -0.2) is 11.9 Å². The zero-order chi connectivity index (χ0) is 14.1. The van der Waals surface area contributed by atoms with Crippen LogP contribution in [-0.2, 0) is 17.8 Å². The summed E-state index contributed by atoms with van der Waals surface area (Å²) in [6.45, 7) is 0.509. The standard InChI is InChI=1S/C16H19N3O/c17-9-11-1-4-14(5-2-11)19-15-6-3-12(10-18)7-13(15)8-16(19)20/h3,6-7,11,14H,1-2,4-5,8,10,18H2. The number of anilines is 1. The summed E-state index contributed by atoms with van der Waals surface area (Å²) in [4.78, 5) is 14.3. The van der Waals surface area contributed by atoms with Crippen LogP contribution in [0.15, 0.2) is 18.2 Å². The highest BCUT2D eigenvalue weighted by molar-refractivity contribution is 6.02. The van der Waals surface area contributed by atoms with E-state index >= 15 is 0 Å². The predicted molar refractivity (Wildman–Crippen MR) is 76.9 cm³/mol. The Bertz CT molecular complexity index is 568. The molecule has 20 heavy (non-hydrogen) atoms. The van der Waals surface area contributed by atoms with E-state index < -0.39 is 0 Å². The minimum Gasteiger partial charge on any atom is -0.326 e. The van der Waals surface area contributed by atoms with Crippen LogP contribution in [0.1, 0.15) is 36.8 Å². The Morgan fingerprint density at radius 3 is 2.70 bits per heavy atom. The molecule has 1 aromatic carbocycles. The van der Waals surface area contributed by atoms with E-state index in [0.717, 1.165) is 42.5 Å². The molecule has 1 heterocycles. The van der Waals surface area contributed by atoms with Crippen molar-refractivity contribution >= 4 is 11.6 Å². The van der Waals surface area contributed by atoms with Crippen LogP contribution in [0.2, 0.25) is 0 Å². The molecule has 0 radical (unpaired) electrons. The van der Waals surface area contributed by atoms with E-state index in [1.807, 2.05) is 23.1 Å². The summed E-state index contributed by atoms with van der Waals surface area (Å²) in [6, 6.07) is 8.69. The number of rotatable bonds is 2. The minimum atomic E-state index is 0.169. The van der Waals surface area contributed by atoms with Gasteiger partial charge in [-0.15, -0.1) is 0 Å². The molecule has 1 amide bonds. The van der Waals surface area contributed by atoms with E-state index in [1.54, 1.807) is 0 Å². The van der Waals surface area contributed by atoms with Gasteiger partial charge in [0.15, 0.2) is 0 Å². The molecule has 104 valence electrons. The van der Waals surface area contributed by atoms with Gasteiger partial charge in [-0.25, -0.2) is 0 Å². The maximum absolute atomic E-state index is 12.3. The fraction of sp³-hybridized carbons (Fsp3) is 0.500. The zero-order valence-electron chi connectivity index (χ0n) is 11.5. The Kier molecular flexibility index (Phi) is 3.45. The number of hydrogen-bond donors (Lipinski definition) is 1. The second-order valence-electron chi connectivity index (χ2n) is 5.74. The molecule has 0 bridgehead atoms. The van der Waals surface area contributed by atoms with Crippen molar-refractivity contribution in [3.63, 3.8) is 0 Å². The van der Waals surface area contributed by atoms with E-state index in [4.69, 9.17) is 11.0 Å². The van der Waals surface area contributed by atoms with Gasteiger partial charge in [0.1, 0.15) is 0 Å². The first-order chi connectivity index (χ1) is 9.72. The number of hydrogen-bond acceptors (Lipinski definition) is 3. The number of amides is 1. The highest BCUT2D eigenvalue weighted by atomic mass is 16.2. The first-order valence-electron chi connectivity index (χ1n) is 7.26. The van der Waals surface area contributed by atoms with Crippen LogP contribution in [0.3, 0.4) is 0 Å². The van der Waals surface area contributed by atoms with Gasteiger partial charge in [-0.2, -0.15) is 5.26 Å². The molecule has 2 N–H and O–H groups in total. The number of nitrogens with zero attached hydrogens (tertiary/aromatic N) is 2. The fourth-order valence-corrected chi connectivity index (χ4v) is 3.39. The molecule has 0 atom stereocenters. The number of nitrogens with two attached hydrogens (primary N) is 1. The molecular formula is C16H19N3O. The lowest BCUT2D eigenvalue weighted by atomic mass is 9.86. The molecule has 4 heteroatoms. The summed E-state index contributed by atoms with van der Waals surface area (Å²) in [5.41, 5.74) is 8.88. The molecular weight excluding hydrogens is 250 g/mol. The topological polar surface area (TPSA) is 70.1 Å². The van der Waals surface area contributed by atoms with Gasteiger partial charge >= 0.3 is 0 Å². The average Bonchev–Trinajstić information content (AvgIpc) is 2.82. The van der Waals surface area contributed by atoms with Crippen LogP contribution in [0.5, 0.6) is 0 Å². The van der Waals surface area contributed by atoms with Crippen molar-refractivity contribution in [2.75, 3.05) is 4.90 Å². The maximum atomic E-state index is 12.3. The Balaban J connectivity index is 1.82. The van der Waals surface area contributed by atoms with Crippen molar-refractivity contribution in [1.29, 1.82) is 5.26 Å². The van der Waals surface area contributed by atoms with E-state index in [9.17, 15) is 4.79 Å². The lowest BCUT2D eigenvalue weighted by Gasteiger charge is -2.33. The van der Waals surface area contributed by atoms with Crippen molar-refractivity contribution in [3.05, 3.63) is 29.3 Å². The SMILES string of the molecule is N#CC1CCC(N2C(=O)Cc3cc(CN)ccc32)CC1. The number of carbonyl (C=O) groups excluding carboxylic acids is 1.